The number of carbonyl (C=O) groups is 2. The minimum atomic E-state index is -4.14. The quantitative estimate of drug-likeness (QED) is 0.185. The number of hydrogen-bond acceptors (Lipinski definition) is 4. The van der Waals surface area contributed by atoms with Crippen molar-refractivity contribution >= 4 is 50.7 Å². The third-order valence-corrected chi connectivity index (χ3v) is 9.34. The monoisotopic (exact) mass is 637 g/mol. The number of halogens is 2. The number of carbonyl (C=O) groups excluding carboxylic acids is 2. The first-order valence-corrected chi connectivity index (χ1v) is 16.1. The molecule has 4 aromatic rings. The summed E-state index contributed by atoms with van der Waals surface area (Å²) in [6, 6.07) is 29.8. The standard InChI is InChI=1S/C33H33Cl2N3O4S/c1-2-20-36-33(40)31(22-25-12-6-3-7-13-25)37(23-26-18-19-29(34)30(35)21-26)32(39)24-38(27-14-8-4-9-15-27)43(41,42)28-16-10-5-11-17-28/h3-19,21,31H,2,20,22-24H2,1H3,(H,36,40)/t31-/m1/s1. The fourth-order valence-corrected chi connectivity index (χ4v) is 6.35. The number of amides is 2. The van der Waals surface area contributed by atoms with Crippen LogP contribution in [0.5, 0.6) is 0 Å². The minimum Gasteiger partial charge on any atom is -0.354 e. The molecule has 0 bridgehead atoms. The van der Waals surface area contributed by atoms with E-state index in [-0.39, 0.29) is 23.8 Å². The molecule has 0 spiro atoms. The fourth-order valence-electron chi connectivity index (χ4n) is 4.60. The predicted octanol–water partition coefficient (Wildman–Crippen LogP) is 6.36. The van der Waals surface area contributed by atoms with Crippen molar-refractivity contribution in [1.82, 2.24) is 10.2 Å². The normalized spacial score (nSPS) is 11.9. The SMILES string of the molecule is CCCNC(=O)[C@@H](Cc1ccccc1)N(Cc1ccc(Cl)c(Cl)c1)C(=O)CN(c1ccccc1)S(=O)(=O)c1ccccc1. The van der Waals surface area contributed by atoms with Gasteiger partial charge < -0.3 is 10.2 Å². The molecule has 224 valence electrons. The van der Waals surface area contributed by atoms with Crippen LogP contribution in [0.3, 0.4) is 0 Å². The van der Waals surface area contributed by atoms with Crippen LogP contribution in [0, 0.1) is 0 Å². The molecule has 43 heavy (non-hydrogen) atoms. The Balaban J connectivity index is 1.78. The molecular formula is C33H33Cl2N3O4S. The zero-order chi connectivity index (χ0) is 30.8. The Labute approximate surface area is 263 Å². The van der Waals surface area contributed by atoms with Gasteiger partial charge in [-0.25, -0.2) is 8.42 Å². The number of anilines is 1. The number of nitrogens with one attached hydrogen (secondary N) is 1. The van der Waals surface area contributed by atoms with Crippen LogP contribution >= 0.6 is 23.2 Å². The topological polar surface area (TPSA) is 86.8 Å². The highest BCUT2D eigenvalue weighted by Crippen LogP contribution is 2.27. The van der Waals surface area contributed by atoms with E-state index < -0.39 is 28.5 Å². The van der Waals surface area contributed by atoms with Crippen LogP contribution in [-0.4, -0.2) is 44.3 Å². The number of sulfonamides is 1. The molecule has 0 radical (unpaired) electrons. The van der Waals surface area contributed by atoms with Crippen molar-refractivity contribution in [3.05, 3.63) is 130 Å². The first-order chi connectivity index (χ1) is 20.7. The second kappa shape index (κ2) is 15.0. The lowest BCUT2D eigenvalue weighted by molar-refractivity contribution is -0.140. The molecule has 0 heterocycles. The molecule has 7 nitrogen and oxygen atoms in total. The Hall–Kier alpha value is -3.85. The number of benzene rings is 4. The van der Waals surface area contributed by atoms with E-state index in [2.05, 4.69) is 5.32 Å². The highest BCUT2D eigenvalue weighted by atomic mass is 35.5. The second-order valence-electron chi connectivity index (χ2n) is 9.93. The Morgan fingerprint density at radius 1 is 0.791 bits per heavy atom. The number of hydrogen-bond donors (Lipinski definition) is 1. The summed E-state index contributed by atoms with van der Waals surface area (Å²) in [5.41, 5.74) is 1.81. The van der Waals surface area contributed by atoms with Gasteiger partial charge in [0.15, 0.2) is 0 Å². The Morgan fingerprint density at radius 2 is 1.40 bits per heavy atom. The summed E-state index contributed by atoms with van der Waals surface area (Å²) in [5.74, 6) is -0.890. The molecule has 0 saturated carbocycles. The Bertz CT molecular complexity index is 1620. The van der Waals surface area contributed by atoms with Crippen molar-refractivity contribution in [2.45, 2.75) is 37.2 Å². The van der Waals surface area contributed by atoms with Crippen LogP contribution < -0.4 is 9.62 Å². The average molecular weight is 639 g/mol. The first kappa shape index (κ1) is 32.1. The van der Waals surface area contributed by atoms with Gasteiger partial charge in [-0.2, -0.15) is 0 Å². The third-order valence-electron chi connectivity index (χ3n) is 6.81. The lowest BCUT2D eigenvalue weighted by Crippen LogP contribution is -2.53. The zero-order valence-corrected chi connectivity index (χ0v) is 26.0. The summed E-state index contributed by atoms with van der Waals surface area (Å²) in [4.78, 5) is 29.5. The van der Waals surface area contributed by atoms with Gasteiger partial charge in [-0.1, -0.05) is 103 Å². The molecule has 4 aromatic carbocycles. The molecule has 4 rings (SSSR count). The van der Waals surface area contributed by atoms with Crippen molar-refractivity contribution in [2.24, 2.45) is 0 Å². The molecular weight excluding hydrogens is 605 g/mol. The average Bonchev–Trinajstić information content (AvgIpc) is 3.03. The van der Waals surface area contributed by atoms with Crippen LogP contribution in [-0.2, 0) is 32.6 Å². The summed E-state index contributed by atoms with van der Waals surface area (Å²) in [5, 5.41) is 3.58. The van der Waals surface area contributed by atoms with E-state index in [1.54, 1.807) is 66.7 Å². The Kier molecular flexibility index (Phi) is 11.2. The van der Waals surface area contributed by atoms with Gasteiger partial charge in [0.05, 0.1) is 20.6 Å². The first-order valence-electron chi connectivity index (χ1n) is 13.9. The van der Waals surface area contributed by atoms with E-state index in [0.717, 1.165) is 9.87 Å². The lowest BCUT2D eigenvalue weighted by Gasteiger charge is -2.34. The maximum atomic E-state index is 14.4. The number of para-hydroxylation sites is 1. The smallest absolute Gasteiger partial charge is 0.264 e. The van der Waals surface area contributed by atoms with Crippen LogP contribution in [0.4, 0.5) is 5.69 Å². The van der Waals surface area contributed by atoms with E-state index in [1.165, 1.54) is 17.0 Å². The van der Waals surface area contributed by atoms with Crippen molar-refractivity contribution in [3.63, 3.8) is 0 Å². The largest absolute Gasteiger partial charge is 0.354 e. The molecule has 1 atom stereocenters. The minimum absolute atomic E-state index is 0.000776. The van der Waals surface area contributed by atoms with E-state index in [9.17, 15) is 18.0 Å². The molecule has 1 N–H and O–H groups in total. The van der Waals surface area contributed by atoms with Crippen molar-refractivity contribution in [3.8, 4) is 0 Å². The highest BCUT2D eigenvalue weighted by Gasteiger charge is 2.34. The zero-order valence-electron chi connectivity index (χ0n) is 23.7. The highest BCUT2D eigenvalue weighted by molar-refractivity contribution is 7.92. The summed E-state index contributed by atoms with van der Waals surface area (Å²) in [6.45, 7) is 1.84. The molecule has 0 unspecified atom stereocenters. The van der Waals surface area contributed by atoms with Gasteiger partial charge >= 0.3 is 0 Å². The maximum Gasteiger partial charge on any atom is 0.264 e. The van der Waals surface area contributed by atoms with Gasteiger partial charge in [-0.05, 0) is 53.9 Å². The molecule has 2 amide bonds. The summed E-state index contributed by atoms with van der Waals surface area (Å²) < 4.78 is 28.9. The predicted molar refractivity (Wildman–Crippen MR) is 172 cm³/mol. The van der Waals surface area contributed by atoms with Gasteiger partial charge in [0.1, 0.15) is 12.6 Å². The summed E-state index contributed by atoms with van der Waals surface area (Å²) in [7, 11) is -4.14. The van der Waals surface area contributed by atoms with Crippen LogP contribution in [0.1, 0.15) is 24.5 Å². The van der Waals surface area contributed by atoms with Crippen molar-refractivity contribution in [1.29, 1.82) is 0 Å². The van der Waals surface area contributed by atoms with Crippen LogP contribution in [0.15, 0.2) is 114 Å². The van der Waals surface area contributed by atoms with Gasteiger partial charge in [-0.3, -0.25) is 13.9 Å². The van der Waals surface area contributed by atoms with E-state index in [0.29, 0.717) is 34.3 Å². The van der Waals surface area contributed by atoms with Crippen molar-refractivity contribution in [2.75, 3.05) is 17.4 Å². The number of nitrogens with zero attached hydrogens (tertiary/aromatic N) is 2. The van der Waals surface area contributed by atoms with Gasteiger partial charge in [0.2, 0.25) is 11.8 Å². The van der Waals surface area contributed by atoms with Gasteiger partial charge in [0.25, 0.3) is 10.0 Å². The number of rotatable bonds is 13. The molecule has 0 aliphatic carbocycles. The molecule has 0 aliphatic rings. The maximum absolute atomic E-state index is 14.4. The van der Waals surface area contributed by atoms with Crippen molar-refractivity contribution < 1.29 is 18.0 Å². The fraction of sp³-hybridized carbons (Fsp3) is 0.212. The van der Waals surface area contributed by atoms with E-state index in [1.807, 2.05) is 37.3 Å². The summed E-state index contributed by atoms with van der Waals surface area (Å²) >= 11 is 12.5. The van der Waals surface area contributed by atoms with Gasteiger partial charge in [0, 0.05) is 19.5 Å². The lowest BCUT2D eigenvalue weighted by atomic mass is 10.0. The molecule has 0 fully saturated rings. The van der Waals surface area contributed by atoms with Gasteiger partial charge in [-0.15, -0.1) is 0 Å². The van der Waals surface area contributed by atoms with Crippen LogP contribution in [0.2, 0.25) is 10.0 Å². The molecule has 0 aliphatic heterocycles. The third kappa shape index (κ3) is 8.38. The van der Waals surface area contributed by atoms with Crippen LogP contribution in [0.25, 0.3) is 0 Å². The summed E-state index contributed by atoms with van der Waals surface area (Å²) in [6.07, 6.45) is 0.932. The molecule has 0 aromatic heterocycles. The Morgan fingerprint density at radius 3 is 2.00 bits per heavy atom. The van der Waals surface area contributed by atoms with E-state index in [4.69, 9.17) is 23.2 Å². The molecule has 0 saturated heterocycles. The van der Waals surface area contributed by atoms with E-state index >= 15 is 0 Å². The second-order valence-corrected chi connectivity index (χ2v) is 12.6. The molecule has 10 heteroatoms.